The van der Waals surface area contributed by atoms with Crippen LogP contribution in [0.2, 0.25) is 0 Å². The van der Waals surface area contributed by atoms with Crippen LogP contribution in [0, 0.1) is 0 Å². The third kappa shape index (κ3) is 1.75. The first-order chi connectivity index (χ1) is 6.77. The highest BCUT2D eigenvalue weighted by Crippen LogP contribution is 2.25. The molecule has 70 valence electrons. The number of aromatic nitrogens is 2. The van der Waals surface area contributed by atoms with Crippen LogP contribution in [-0.2, 0) is 0 Å². The van der Waals surface area contributed by atoms with Crippen molar-refractivity contribution < 1.29 is 5.11 Å². The molecule has 0 bridgehead atoms. The van der Waals surface area contributed by atoms with Crippen LogP contribution in [-0.4, -0.2) is 15.1 Å². The Morgan fingerprint density at radius 2 is 2.00 bits per heavy atom. The van der Waals surface area contributed by atoms with E-state index in [1.165, 1.54) is 0 Å². The minimum Gasteiger partial charge on any atom is -0.506 e. The van der Waals surface area contributed by atoms with Crippen molar-refractivity contribution in [3.63, 3.8) is 0 Å². The number of hydrogen-bond donors (Lipinski definition) is 1. The molecule has 0 amide bonds. The molecule has 0 aliphatic carbocycles. The van der Waals surface area contributed by atoms with Gasteiger partial charge in [-0.05, 0) is 40.2 Å². The highest BCUT2D eigenvalue weighted by atomic mass is 79.9. The van der Waals surface area contributed by atoms with Gasteiger partial charge in [0.1, 0.15) is 16.0 Å². The predicted molar refractivity (Wildman–Crippen MR) is 56.8 cm³/mol. The van der Waals surface area contributed by atoms with Crippen molar-refractivity contribution in [1.29, 1.82) is 0 Å². The van der Waals surface area contributed by atoms with Crippen LogP contribution >= 0.6 is 15.9 Å². The van der Waals surface area contributed by atoms with Crippen molar-refractivity contribution in [1.82, 2.24) is 9.97 Å². The summed E-state index contributed by atoms with van der Waals surface area (Å²) < 4.78 is 0.722. The summed E-state index contributed by atoms with van der Waals surface area (Å²) in [4.78, 5) is 8.25. The molecule has 4 heteroatoms. The summed E-state index contributed by atoms with van der Waals surface area (Å²) in [6.45, 7) is 0. The number of rotatable bonds is 1. The molecule has 3 nitrogen and oxygen atoms in total. The average Bonchev–Trinajstić information content (AvgIpc) is 2.18. The lowest BCUT2D eigenvalue weighted by Gasteiger charge is -2.01. The summed E-state index contributed by atoms with van der Waals surface area (Å²) in [7, 11) is 0. The summed E-state index contributed by atoms with van der Waals surface area (Å²) in [6.07, 6.45) is 1.62. The van der Waals surface area contributed by atoms with E-state index in [-0.39, 0.29) is 5.75 Å². The van der Waals surface area contributed by atoms with Gasteiger partial charge in [-0.1, -0.05) is 6.07 Å². The van der Waals surface area contributed by atoms with Gasteiger partial charge in [0, 0.05) is 6.20 Å². The van der Waals surface area contributed by atoms with Crippen LogP contribution in [0.1, 0.15) is 0 Å². The highest BCUT2D eigenvalue weighted by molar-refractivity contribution is 9.10. The SMILES string of the molecule is Oc1cccnc1-c1cccc(Br)n1. The molecule has 0 atom stereocenters. The van der Waals surface area contributed by atoms with E-state index in [2.05, 4.69) is 25.9 Å². The van der Waals surface area contributed by atoms with Crippen LogP contribution in [0.15, 0.2) is 41.1 Å². The number of halogens is 1. The molecule has 0 aliphatic rings. The van der Waals surface area contributed by atoms with Gasteiger partial charge in [-0.3, -0.25) is 4.98 Å². The Kier molecular flexibility index (Phi) is 2.45. The molecule has 0 aliphatic heterocycles. The Balaban J connectivity index is 2.55. The zero-order chi connectivity index (χ0) is 9.97. The number of nitrogens with zero attached hydrogens (tertiary/aromatic N) is 2. The van der Waals surface area contributed by atoms with Gasteiger partial charge < -0.3 is 5.11 Å². The highest BCUT2D eigenvalue weighted by Gasteiger charge is 2.05. The second-order valence-electron chi connectivity index (χ2n) is 2.72. The van der Waals surface area contributed by atoms with E-state index in [0.717, 1.165) is 4.60 Å². The van der Waals surface area contributed by atoms with Crippen LogP contribution < -0.4 is 0 Å². The van der Waals surface area contributed by atoms with Crippen molar-refractivity contribution in [3.05, 3.63) is 41.1 Å². The van der Waals surface area contributed by atoms with Crippen molar-refractivity contribution in [2.45, 2.75) is 0 Å². The van der Waals surface area contributed by atoms with E-state index in [1.807, 2.05) is 12.1 Å². The quantitative estimate of drug-likeness (QED) is 0.792. The lowest BCUT2D eigenvalue weighted by molar-refractivity contribution is 0.475. The summed E-state index contributed by atoms with van der Waals surface area (Å²) in [6, 6.07) is 8.73. The predicted octanol–water partition coefficient (Wildman–Crippen LogP) is 2.61. The van der Waals surface area contributed by atoms with Gasteiger partial charge in [0.25, 0.3) is 0 Å². The fraction of sp³-hybridized carbons (Fsp3) is 0. The van der Waals surface area contributed by atoms with Gasteiger partial charge in [-0.2, -0.15) is 0 Å². The zero-order valence-corrected chi connectivity index (χ0v) is 8.77. The van der Waals surface area contributed by atoms with Crippen molar-refractivity contribution in [3.8, 4) is 17.1 Å². The summed E-state index contributed by atoms with van der Waals surface area (Å²) in [5, 5.41) is 9.54. The Morgan fingerprint density at radius 1 is 1.14 bits per heavy atom. The van der Waals surface area contributed by atoms with E-state index in [0.29, 0.717) is 11.4 Å². The molecule has 2 heterocycles. The number of hydrogen-bond acceptors (Lipinski definition) is 3. The summed E-state index contributed by atoms with van der Waals surface area (Å²) >= 11 is 3.26. The maximum atomic E-state index is 9.54. The molecular formula is C10H7BrN2O. The first-order valence-corrected chi connectivity index (χ1v) is 4.83. The second kappa shape index (κ2) is 3.75. The topological polar surface area (TPSA) is 46.0 Å². The first-order valence-electron chi connectivity index (χ1n) is 4.04. The third-order valence-corrected chi connectivity index (χ3v) is 2.19. The maximum absolute atomic E-state index is 9.54. The molecule has 14 heavy (non-hydrogen) atoms. The van der Waals surface area contributed by atoms with Gasteiger partial charge in [0.2, 0.25) is 0 Å². The molecule has 1 N–H and O–H groups in total. The number of aromatic hydroxyl groups is 1. The summed E-state index contributed by atoms with van der Waals surface area (Å²) in [5.74, 6) is 0.137. The average molecular weight is 251 g/mol. The maximum Gasteiger partial charge on any atom is 0.143 e. The van der Waals surface area contributed by atoms with Crippen LogP contribution in [0.4, 0.5) is 0 Å². The lowest BCUT2D eigenvalue weighted by atomic mass is 10.2. The van der Waals surface area contributed by atoms with Gasteiger partial charge in [0.15, 0.2) is 0 Å². The minimum atomic E-state index is 0.137. The van der Waals surface area contributed by atoms with E-state index >= 15 is 0 Å². The van der Waals surface area contributed by atoms with Gasteiger partial charge in [-0.15, -0.1) is 0 Å². The minimum absolute atomic E-state index is 0.137. The molecule has 2 rings (SSSR count). The zero-order valence-electron chi connectivity index (χ0n) is 7.18. The van der Waals surface area contributed by atoms with Crippen molar-refractivity contribution in [2.24, 2.45) is 0 Å². The Bertz CT molecular complexity index is 459. The molecule has 0 spiro atoms. The van der Waals surface area contributed by atoms with Gasteiger partial charge in [-0.25, -0.2) is 4.98 Å². The van der Waals surface area contributed by atoms with Gasteiger partial charge >= 0.3 is 0 Å². The Labute approximate surface area is 89.6 Å². The van der Waals surface area contributed by atoms with E-state index in [1.54, 1.807) is 24.4 Å². The van der Waals surface area contributed by atoms with Gasteiger partial charge in [0.05, 0.1) is 5.69 Å². The monoisotopic (exact) mass is 250 g/mol. The van der Waals surface area contributed by atoms with Crippen molar-refractivity contribution in [2.75, 3.05) is 0 Å². The smallest absolute Gasteiger partial charge is 0.143 e. The normalized spacial score (nSPS) is 10.1. The second-order valence-corrected chi connectivity index (χ2v) is 3.53. The summed E-state index contributed by atoms with van der Waals surface area (Å²) in [5.41, 5.74) is 1.14. The molecule has 0 fully saturated rings. The molecule has 2 aromatic rings. The third-order valence-electron chi connectivity index (χ3n) is 1.74. The molecular weight excluding hydrogens is 244 g/mol. The molecule has 0 saturated carbocycles. The first kappa shape index (κ1) is 9.15. The molecule has 2 aromatic heterocycles. The molecule has 0 aromatic carbocycles. The molecule has 0 saturated heterocycles. The Hall–Kier alpha value is -1.42. The van der Waals surface area contributed by atoms with Crippen LogP contribution in [0.25, 0.3) is 11.4 Å². The fourth-order valence-corrected chi connectivity index (χ4v) is 1.48. The standard InChI is InChI=1S/C10H7BrN2O/c11-9-5-1-3-7(13-9)10-8(14)4-2-6-12-10/h1-6,14H. The number of pyridine rings is 2. The molecule has 0 radical (unpaired) electrons. The van der Waals surface area contributed by atoms with E-state index in [9.17, 15) is 5.11 Å². The molecule has 0 unspecified atom stereocenters. The van der Waals surface area contributed by atoms with Crippen molar-refractivity contribution >= 4 is 15.9 Å². The largest absolute Gasteiger partial charge is 0.506 e. The lowest BCUT2D eigenvalue weighted by Crippen LogP contribution is -1.87. The van der Waals surface area contributed by atoms with E-state index < -0.39 is 0 Å². The van der Waals surface area contributed by atoms with Crippen LogP contribution in [0.3, 0.4) is 0 Å². The fourth-order valence-electron chi connectivity index (χ4n) is 1.13. The van der Waals surface area contributed by atoms with E-state index in [4.69, 9.17) is 0 Å². The van der Waals surface area contributed by atoms with Crippen LogP contribution in [0.5, 0.6) is 5.75 Å². The Morgan fingerprint density at radius 3 is 2.71 bits per heavy atom.